The number of aromatic nitrogens is 4. The van der Waals surface area contributed by atoms with Gasteiger partial charge in [0.25, 0.3) is 6.43 Å². The Morgan fingerprint density at radius 3 is 2.44 bits per heavy atom. The number of morpholine rings is 1. The van der Waals surface area contributed by atoms with E-state index in [0.29, 0.717) is 56.2 Å². The van der Waals surface area contributed by atoms with E-state index < -0.39 is 18.3 Å². The molecule has 9 nitrogen and oxygen atoms in total. The van der Waals surface area contributed by atoms with Crippen LogP contribution in [0.25, 0.3) is 16.9 Å². The van der Waals surface area contributed by atoms with Gasteiger partial charge in [-0.25, -0.2) is 13.8 Å². The summed E-state index contributed by atoms with van der Waals surface area (Å²) >= 11 is 0. The Hall–Kier alpha value is -4.12. The van der Waals surface area contributed by atoms with Crippen molar-refractivity contribution >= 4 is 28.7 Å². The lowest BCUT2D eigenvalue weighted by atomic mass is 10.2. The number of likely N-dealkylation sites (N-methyl/N-ethyl adjacent to an activating group) is 1. The minimum absolute atomic E-state index is 0.121. The van der Waals surface area contributed by atoms with Gasteiger partial charge in [-0.1, -0.05) is 42.5 Å². The van der Waals surface area contributed by atoms with Crippen LogP contribution in [-0.4, -0.2) is 69.2 Å². The fourth-order valence-electron chi connectivity index (χ4n) is 4.67. The number of anilines is 2. The summed E-state index contributed by atoms with van der Waals surface area (Å²) < 4.78 is 35.1. The minimum Gasteiger partial charge on any atom is -0.378 e. The molecule has 1 amide bonds. The molecule has 0 bridgehead atoms. The van der Waals surface area contributed by atoms with Crippen LogP contribution in [0.4, 0.5) is 20.5 Å². The molecular weight excluding hydrogens is 504 g/mol. The van der Waals surface area contributed by atoms with E-state index in [9.17, 15) is 13.6 Å². The fourth-order valence-corrected chi connectivity index (χ4v) is 4.67. The maximum absolute atomic E-state index is 14.1. The number of carbonyl (C=O) groups excluding carboxylic acids is 1. The van der Waals surface area contributed by atoms with Gasteiger partial charge >= 0.3 is 0 Å². The van der Waals surface area contributed by atoms with E-state index in [0.717, 1.165) is 5.56 Å². The van der Waals surface area contributed by atoms with Gasteiger partial charge in [-0.3, -0.25) is 9.36 Å². The van der Waals surface area contributed by atoms with Crippen molar-refractivity contribution in [2.75, 3.05) is 43.1 Å². The molecule has 0 aliphatic carbocycles. The normalized spacial score (nSPS) is 14.5. The van der Waals surface area contributed by atoms with E-state index in [1.807, 2.05) is 42.2 Å². The third kappa shape index (κ3) is 5.83. The van der Waals surface area contributed by atoms with Gasteiger partial charge in [0.05, 0.1) is 24.2 Å². The molecule has 1 aliphatic rings. The summed E-state index contributed by atoms with van der Waals surface area (Å²) in [4.78, 5) is 30.6. The van der Waals surface area contributed by atoms with Crippen LogP contribution in [0.3, 0.4) is 0 Å². The fraction of sp³-hybridized carbons (Fsp3) is 0.357. The number of imidazole rings is 1. The second-order valence-electron chi connectivity index (χ2n) is 9.31. The minimum atomic E-state index is -2.81. The number of ether oxygens (including phenoxy) is 1. The quantitative estimate of drug-likeness (QED) is 0.339. The number of nitrogens with zero attached hydrogens (tertiary/aromatic N) is 6. The third-order valence-electron chi connectivity index (χ3n) is 6.67. The molecule has 3 heterocycles. The molecule has 2 aromatic heterocycles. The first-order valence-electron chi connectivity index (χ1n) is 13.0. The summed E-state index contributed by atoms with van der Waals surface area (Å²) in [5.41, 5.74) is 1.98. The van der Waals surface area contributed by atoms with Gasteiger partial charge in [0, 0.05) is 32.2 Å². The summed E-state index contributed by atoms with van der Waals surface area (Å²) in [5, 5.41) is 3.13. The number of fused-ring (bicyclic) bond motifs is 1. The van der Waals surface area contributed by atoms with Gasteiger partial charge in [0.1, 0.15) is 17.7 Å². The molecule has 4 aromatic rings. The molecule has 39 heavy (non-hydrogen) atoms. The predicted molar refractivity (Wildman–Crippen MR) is 145 cm³/mol. The Labute approximate surface area is 225 Å². The molecule has 0 unspecified atom stereocenters. The van der Waals surface area contributed by atoms with Gasteiger partial charge < -0.3 is 19.9 Å². The highest BCUT2D eigenvalue weighted by molar-refractivity contribution is 5.84. The standard InChI is InChI=1S/C28H31F2N7O2/c1-3-35(18-20-9-5-4-6-10-20)27(38)19(2)31-28-33-23(36-13-15-39-16-14-36)17-24(34-28)37-22-12-8-7-11-21(22)32-26(37)25(29)30/h4-12,17,19,25H,3,13-16,18H2,1-2H3,(H,31,33,34)/t19-/m1/s1. The second-order valence-corrected chi connectivity index (χ2v) is 9.31. The topological polar surface area (TPSA) is 88.4 Å². The van der Waals surface area contributed by atoms with E-state index in [4.69, 9.17) is 4.74 Å². The Morgan fingerprint density at radius 2 is 1.72 bits per heavy atom. The van der Waals surface area contributed by atoms with Crippen LogP contribution < -0.4 is 10.2 Å². The number of benzene rings is 2. The van der Waals surface area contributed by atoms with Gasteiger partial charge in [-0.15, -0.1) is 0 Å². The molecule has 1 fully saturated rings. The summed E-state index contributed by atoms with van der Waals surface area (Å²) in [5.74, 6) is 0.445. The number of nitrogens with one attached hydrogen (secondary N) is 1. The molecular formula is C28H31F2N7O2. The Kier molecular flexibility index (Phi) is 7.97. The monoisotopic (exact) mass is 535 g/mol. The highest BCUT2D eigenvalue weighted by Gasteiger charge is 2.25. The molecule has 1 aliphatic heterocycles. The van der Waals surface area contributed by atoms with E-state index >= 15 is 0 Å². The van der Waals surface area contributed by atoms with E-state index in [1.165, 1.54) is 4.57 Å². The number of alkyl halides is 2. The molecule has 0 saturated carbocycles. The van der Waals surface area contributed by atoms with Crippen LogP contribution >= 0.6 is 0 Å². The van der Waals surface area contributed by atoms with Gasteiger partial charge in [0.15, 0.2) is 5.82 Å². The first-order chi connectivity index (χ1) is 18.9. The second kappa shape index (κ2) is 11.7. The number of hydrogen-bond donors (Lipinski definition) is 1. The molecule has 11 heteroatoms. The molecule has 5 rings (SSSR count). The lowest BCUT2D eigenvalue weighted by Gasteiger charge is -2.29. The van der Waals surface area contributed by atoms with Crippen molar-refractivity contribution in [1.29, 1.82) is 0 Å². The van der Waals surface area contributed by atoms with Crippen molar-refractivity contribution in [1.82, 2.24) is 24.4 Å². The predicted octanol–water partition coefficient (Wildman–Crippen LogP) is 4.44. The van der Waals surface area contributed by atoms with Crippen molar-refractivity contribution in [3.8, 4) is 5.82 Å². The first kappa shape index (κ1) is 26.5. The lowest BCUT2D eigenvalue weighted by Crippen LogP contribution is -2.41. The van der Waals surface area contributed by atoms with Gasteiger partial charge in [-0.2, -0.15) is 9.97 Å². The highest BCUT2D eigenvalue weighted by Crippen LogP contribution is 2.29. The van der Waals surface area contributed by atoms with Crippen molar-refractivity contribution in [3.63, 3.8) is 0 Å². The molecule has 204 valence electrons. The zero-order chi connectivity index (χ0) is 27.4. The number of amides is 1. The maximum atomic E-state index is 14.1. The van der Waals surface area contributed by atoms with Crippen LogP contribution in [0.15, 0.2) is 60.7 Å². The number of halogens is 2. The van der Waals surface area contributed by atoms with Crippen molar-refractivity contribution in [2.45, 2.75) is 32.9 Å². The summed E-state index contributed by atoms with van der Waals surface area (Å²) in [6.45, 7) is 6.92. The first-order valence-corrected chi connectivity index (χ1v) is 13.0. The van der Waals surface area contributed by atoms with Crippen LogP contribution in [-0.2, 0) is 16.1 Å². The number of para-hydroxylation sites is 2. The number of hydrogen-bond acceptors (Lipinski definition) is 7. The van der Waals surface area contributed by atoms with E-state index in [2.05, 4.69) is 20.3 Å². The molecule has 2 aromatic carbocycles. The average molecular weight is 536 g/mol. The lowest BCUT2D eigenvalue weighted by molar-refractivity contribution is -0.132. The largest absolute Gasteiger partial charge is 0.378 e. The maximum Gasteiger partial charge on any atom is 0.296 e. The van der Waals surface area contributed by atoms with E-state index in [1.54, 1.807) is 42.2 Å². The smallest absolute Gasteiger partial charge is 0.296 e. The molecule has 1 saturated heterocycles. The number of rotatable bonds is 9. The van der Waals surface area contributed by atoms with Crippen LogP contribution in [0, 0.1) is 0 Å². The SMILES string of the molecule is CCN(Cc1ccccc1)C(=O)[C@@H](C)Nc1nc(N2CCOCC2)cc(-n2c(C(F)F)nc3ccccc32)n1. The highest BCUT2D eigenvalue weighted by atomic mass is 19.3. The molecule has 0 spiro atoms. The summed E-state index contributed by atoms with van der Waals surface area (Å²) in [6.07, 6.45) is -2.81. The van der Waals surface area contributed by atoms with Crippen LogP contribution in [0.2, 0.25) is 0 Å². The average Bonchev–Trinajstić information content (AvgIpc) is 3.36. The third-order valence-corrected chi connectivity index (χ3v) is 6.67. The summed E-state index contributed by atoms with van der Waals surface area (Å²) in [7, 11) is 0. The van der Waals surface area contributed by atoms with Crippen molar-refractivity contribution in [2.24, 2.45) is 0 Å². The van der Waals surface area contributed by atoms with Crippen LogP contribution in [0.5, 0.6) is 0 Å². The zero-order valence-electron chi connectivity index (χ0n) is 21.9. The number of carbonyl (C=O) groups is 1. The molecule has 0 radical (unpaired) electrons. The van der Waals surface area contributed by atoms with Crippen molar-refractivity contribution in [3.05, 3.63) is 72.1 Å². The van der Waals surface area contributed by atoms with Crippen molar-refractivity contribution < 1.29 is 18.3 Å². The van der Waals surface area contributed by atoms with Gasteiger partial charge in [-0.05, 0) is 31.5 Å². The van der Waals surface area contributed by atoms with E-state index in [-0.39, 0.29) is 17.7 Å². The Balaban J connectivity index is 1.50. The zero-order valence-corrected chi connectivity index (χ0v) is 21.9. The summed E-state index contributed by atoms with van der Waals surface area (Å²) in [6, 6.07) is 17.7. The Bertz CT molecular complexity index is 1420. The molecule has 1 atom stereocenters. The Morgan fingerprint density at radius 1 is 1.03 bits per heavy atom. The van der Waals surface area contributed by atoms with Gasteiger partial charge in [0.2, 0.25) is 11.9 Å². The van der Waals surface area contributed by atoms with Crippen LogP contribution in [0.1, 0.15) is 31.7 Å². The molecule has 1 N–H and O–H groups in total.